The van der Waals surface area contributed by atoms with Crippen LogP contribution in [-0.4, -0.2) is 26.4 Å². The molecule has 0 bridgehead atoms. The number of hydrogen-bond acceptors (Lipinski definition) is 5. The lowest BCUT2D eigenvalue weighted by atomic mass is 9.88. The van der Waals surface area contributed by atoms with Crippen molar-refractivity contribution in [2.45, 2.75) is 64.5 Å². The summed E-state index contributed by atoms with van der Waals surface area (Å²) in [4.78, 5) is 16.7. The lowest BCUT2D eigenvalue weighted by Gasteiger charge is -2.28. The van der Waals surface area contributed by atoms with E-state index >= 15 is 0 Å². The fourth-order valence-electron chi connectivity index (χ4n) is 3.75. The van der Waals surface area contributed by atoms with Crippen LogP contribution in [0.2, 0.25) is 0 Å². The Balaban J connectivity index is 1.45. The minimum Gasteiger partial charge on any atom is -0.292 e. The fourth-order valence-corrected chi connectivity index (χ4v) is 4.56. The number of rotatable bonds is 3. The number of nitrogens with zero attached hydrogens (tertiary/aromatic N) is 4. The van der Waals surface area contributed by atoms with Crippen LogP contribution >= 0.6 is 11.3 Å². The van der Waals surface area contributed by atoms with Crippen molar-refractivity contribution >= 4 is 11.3 Å². The molecule has 2 aromatic heterocycles. The molecule has 0 aromatic carbocycles. The first kappa shape index (κ1) is 15.2. The van der Waals surface area contributed by atoms with Crippen LogP contribution < -0.4 is 0 Å². The maximum Gasteiger partial charge on any atom is 0.131 e. The van der Waals surface area contributed by atoms with Crippen molar-refractivity contribution < 1.29 is 0 Å². The molecule has 0 amide bonds. The molecule has 0 spiro atoms. The molecule has 23 heavy (non-hydrogen) atoms. The molecule has 0 N–H and O–H groups in total. The molecule has 3 heterocycles. The zero-order valence-electron chi connectivity index (χ0n) is 13.8. The smallest absolute Gasteiger partial charge is 0.131 e. The minimum absolute atomic E-state index is 0.602. The average molecular weight is 328 g/mol. The van der Waals surface area contributed by atoms with Crippen LogP contribution in [0, 0.1) is 6.92 Å². The van der Waals surface area contributed by atoms with Gasteiger partial charge in [0.1, 0.15) is 10.8 Å². The average Bonchev–Trinajstić information content (AvgIpc) is 3.00. The molecule has 2 aromatic rings. The summed E-state index contributed by atoms with van der Waals surface area (Å²) in [7, 11) is 0. The predicted octanol–water partition coefficient (Wildman–Crippen LogP) is 3.85. The third kappa shape index (κ3) is 3.45. The second-order valence-corrected chi connectivity index (χ2v) is 7.82. The van der Waals surface area contributed by atoms with Crippen molar-refractivity contribution in [2.75, 3.05) is 6.54 Å². The summed E-state index contributed by atoms with van der Waals surface area (Å²) in [5, 5.41) is 3.35. The van der Waals surface area contributed by atoms with Gasteiger partial charge in [0.05, 0.1) is 6.54 Å². The van der Waals surface area contributed by atoms with Crippen LogP contribution in [-0.2, 0) is 19.5 Å². The van der Waals surface area contributed by atoms with E-state index in [9.17, 15) is 0 Å². The Kier molecular flexibility index (Phi) is 4.40. The van der Waals surface area contributed by atoms with Gasteiger partial charge in [-0.25, -0.2) is 15.0 Å². The maximum absolute atomic E-state index is 4.93. The van der Waals surface area contributed by atoms with Gasteiger partial charge < -0.3 is 0 Å². The van der Waals surface area contributed by atoms with Crippen LogP contribution in [0.3, 0.4) is 0 Å². The van der Waals surface area contributed by atoms with Crippen molar-refractivity contribution in [3.63, 3.8) is 0 Å². The van der Waals surface area contributed by atoms with Crippen LogP contribution in [0.4, 0.5) is 0 Å². The Labute approximate surface area is 142 Å². The second kappa shape index (κ2) is 6.65. The first-order chi connectivity index (χ1) is 11.3. The molecule has 5 heteroatoms. The van der Waals surface area contributed by atoms with E-state index in [2.05, 4.69) is 28.4 Å². The number of hydrogen-bond donors (Lipinski definition) is 0. The van der Waals surface area contributed by atoms with Crippen molar-refractivity contribution in [3.05, 3.63) is 39.4 Å². The van der Waals surface area contributed by atoms with Crippen LogP contribution in [0.15, 0.2) is 11.6 Å². The van der Waals surface area contributed by atoms with Gasteiger partial charge in [-0.15, -0.1) is 11.3 Å². The van der Waals surface area contributed by atoms with E-state index in [-0.39, 0.29) is 0 Å². The monoisotopic (exact) mass is 328 g/mol. The van der Waals surface area contributed by atoms with Crippen molar-refractivity contribution in [1.29, 1.82) is 0 Å². The molecule has 1 saturated carbocycles. The van der Waals surface area contributed by atoms with Gasteiger partial charge in [-0.2, -0.15) is 0 Å². The number of aryl methyl sites for hydroxylation is 1. The van der Waals surface area contributed by atoms with Gasteiger partial charge in [0.2, 0.25) is 0 Å². The zero-order valence-corrected chi connectivity index (χ0v) is 14.6. The molecule has 0 atom stereocenters. The Hall–Kier alpha value is -1.33. The third-order valence-corrected chi connectivity index (χ3v) is 5.98. The summed E-state index contributed by atoms with van der Waals surface area (Å²) in [6.07, 6.45) is 9.74. The Morgan fingerprint density at radius 1 is 1.22 bits per heavy atom. The molecule has 4 rings (SSSR count). The Morgan fingerprint density at radius 2 is 2.09 bits per heavy atom. The summed E-state index contributed by atoms with van der Waals surface area (Å²) < 4.78 is 0. The molecular weight excluding hydrogens is 304 g/mol. The zero-order chi connectivity index (χ0) is 15.6. The summed E-state index contributed by atoms with van der Waals surface area (Å²) in [6, 6.07) is 0. The molecule has 4 nitrogen and oxygen atoms in total. The Bertz CT molecular complexity index is 675. The largest absolute Gasteiger partial charge is 0.292 e. The Morgan fingerprint density at radius 3 is 2.87 bits per heavy atom. The number of fused-ring (bicyclic) bond motifs is 1. The molecule has 2 aliphatic rings. The highest BCUT2D eigenvalue weighted by Crippen LogP contribution is 2.31. The highest BCUT2D eigenvalue weighted by atomic mass is 32.1. The number of thiazole rings is 1. The SMILES string of the molecule is Cc1csc(CN2CCc3nc(C4CCCCC4)ncc3C2)n1. The van der Waals surface area contributed by atoms with E-state index < -0.39 is 0 Å². The summed E-state index contributed by atoms with van der Waals surface area (Å²) in [5.41, 5.74) is 3.72. The van der Waals surface area contributed by atoms with E-state index in [0.717, 1.165) is 37.6 Å². The van der Waals surface area contributed by atoms with E-state index in [4.69, 9.17) is 9.97 Å². The van der Waals surface area contributed by atoms with Crippen LogP contribution in [0.25, 0.3) is 0 Å². The highest BCUT2D eigenvalue weighted by molar-refractivity contribution is 7.09. The van der Waals surface area contributed by atoms with Gasteiger partial charge in [-0.1, -0.05) is 19.3 Å². The van der Waals surface area contributed by atoms with Gasteiger partial charge in [-0.05, 0) is 19.8 Å². The maximum atomic E-state index is 4.93. The summed E-state index contributed by atoms with van der Waals surface area (Å²) >= 11 is 1.76. The first-order valence-corrected chi connectivity index (χ1v) is 9.64. The van der Waals surface area contributed by atoms with Gasteiger partial charge in [0.15, 0.2) is 0 Å². The predicted molar refractivity (Wildman–Crippen MR) is 92.5 cm³/mol. The standard InChI is InChI=1S/C18H24N4S/c1-13-12-23-17(20-13)11-22-8-7-16-15(10-22)9-19-18(21-16)14-5-3-2-4-6-14/h9,12,14H,2-8,10-11H2,1H3. The first-order valence-electron chi connectivity index (χ1n) is 8.76. The van der Waals surface area contributed by atoms with Gasteiger partial charge >= 0.3 is 0 Å². The molecular formula is C18H24N4S. The third-order valence-electron chi connectivity index (χ3n) is 5.03. The van der Waals surface area contributed by atoms with Gasteiger partial charge in [0, 0.05) is 54.0 Å². The molecule has 0 unspecified atom stereocenters. The number of aromatic nitrogens is 3. The van der Waals surface area contributed by atoms with E-state index in [1.807, 2.05) is 0 Å². The summed E-state index contributed by atoms with van der Waals surface area (Å²) in [5.74, 6) is 1.71. The van der Waals surface area contributed by atoms with E-state index in [0.29, 0.717) is 5.92 Å². The van der Waals surface area contributed by atoms with E-state index in [1.165, 1.54) is 48.4 Å². The second-order valence-electron chi connectivity index (χ2n) is 6.88. The summed E-state index contributed by atoms with van der Waals surface area (Å²) in [6.45, 7) is 5.04. The molecule has 1 aliphatic carbocycles. The van der Waals surface area contributed by atoms with Gasteiger partial charge in [-0.3, -0.25) is 4.90 Å². The molecule has 122 valence electrons. The van der Waals surface area contributed by atoms with E-state index in [1.54, 1.807) is 11.3 Å². The van der Waals surface area contributed by atoms with Crippen molar-refractivity contribution in [2.24, 2.45) is 0 Å². The van der Waals surface area contributed by atoms with Crippen LogP contribution in [0.5, 0.6) is 0 Å². The molecule has 1 aliphatic heterocycles. The molecule has 0 radical (unpaired) electrons. The minimum atomic E-state index is 0.602. The fraction of sp³-hybridized carbons (Fsp3) is 0.611. The lowest BCUT2D eigenvalue weighted by molar-refractivity contribution is 0.242. The van der Waals surface area contributed by atoms with Gasteiger partial charge in [0.25, 0.3) is 0 Å². The topological polar surface area (TPSA) is 41.9 Å². The quantitative estimate of drug-likeness (QED) is 0.858. The normalized spacial score (nSPS) is 19.7. The van der Waals surface area contributed by atoms with Crippen LogP contribution in [0.1, 0.15) is 65.8 Å². The highest BCUT2D eigenvalue weighted by Gasteiger charge is 2.23. The lowest BCUT2D eigenvalue weighted by Crippen LogP contribution is -2.31. The molecule has 1 fully saturated rings. The molecule has 0 saturated heterocycles. The van der Waals surface area contributed by atoms with Crippen molar-refractivity contribution in [3.8, 4) is 0 Å². The van der Waals surface area contributed by atoms with Crippen molar-refractivity contribution in [1.82, 2.24) is 19.9 Å².